The van der Waals surface area contributed by atoms with Crippen LogP contribution >= 0.6 is 0 Å². The van der Waals surface area contributed by atoms with E-state index in [1.54, 1.807) is 0 Å². The maximum atomic E-state index is 12.3. The zero-order chi connectivity index (χ0) is 14.0. The first-order chi connectivity index (χ1) is 8.94. The van der Waals surface area contributed by atoms with Crippen LogP contribution in [0.15, 0.2) is 18.2 Å². The largest absolute Gasteiger partial charge is 0.384 e. The van der Waals surface area contributed by atoms with E-state index in [0.717, 1.165) is 12.0 Å². The third-order valence-electron chi connectivity index (χ3n) is 3.54. The van der Waals surface area contributed by atoms with Gasteiger partial charge in [0.25, 0.3) is 5.91 Å². The van der Waals surface area contributed by atoms with E-state index in [0.29, 0.717) is 11.1 Å². The summed E-state index contributed by atoms with van der Waals surface area (Å²) < 4.78 is 0. The van der Waals surface area contributed by atoms with Gasteiger partial charge < -0.3 is 10.4 Å². The highest BCUT2D eigenvalue weighted by Gasteiger charge is 2.46. The lowest BCUT2D eigenvalue weighted by Crippen LogP contribution is -2.29. The summed E-state index contributed by atoms with van der Waals surface area (Å²) in [7, 11) is 0. The van der Waals surface area contributed by atoms with Crippen molar-refractivity contribution in [2.45, 2.75) is 33.2 Å². The average molecular weight is 257 g/mol. The molecule has 100 valence electrons. The molecule has 1 atom stereocenters. The van der Waals surface area contributed by atoms with E-state index in [-0.39, 0.29) is 24.0 Å². The SMILES string of the molecule is Cc1ccc(C#CCO)c(C(=O)NC2CC2(C)C)c1. The van der Waals surface area contributed by atoms with E-state index in [1.807, 2.05) is 25.1 Å². The van der Waals surface area contributed by atoms with Crippen molar-refractivity contribution < 1.29 is 9.90 Å². The molecule has 3 nitrogen and oxygen atoms in total. The summed E-state index contributed by atoms with van der Waals surface area (Å²) >= 11 is 0. The van der Waals surface area contributed by atoms with E-state index in [2.05, 4.69) is 31.0 Å². The van der Waals surface area contributed by atoms with Crippen molar-refractivity contribution >= 4 is 5.91 Å². The van der Waals surface area contributed by atoms with Crippen LogP contribution in [0.2, 0.25) is 0 Å². The van der Waals surface area contributed by atoms with Gasteiger partial charge in [0.05, 0.1) is 5.56 Å². The molecule has 1 aliphatic rings. The lowest BCUT2D eigenvalue weighted by molar-refractivity contribution is 0.0946. The van der Waals surface area contributed by atoms with Crippen molar-refractivity contribution in [3.8, 4) is 11.8 Å². The number of hydrogen-bond acceptors (Lipinski definition) is 2. The Hall–Kier alpha value is -1.79. The lowest BCUT2D eigenvalue weighted by Gasteiger charge is -2.09. The summed E-state index contributed by atoms with van der Waals surface area (Å²) in [4.78, 5) is 12.3. The predicted octanol–water partition coefficient (Wildman–Crippen LogP) is 1.87. The van der Waals surface area contributed by atoms with Gasteiger partial charge in [0.1, 0.15) is 6.61 Å². The summed E-state index contributed by atoms with van der Waals surface area (Å²) in [6.07, 6.45) is 1.02. The van der Waals surface area contributed by atoms with Crippen LogP contribution in [0.25, 0.3) is 0 Å². The molecule has 1 aromatic carbocycles. The van der Waals surface area contributed by atoms with E-state index in [9.17, 15) is 4.79 Å². The van der Waals surface area contributed by atoms with Crippen LogP contribution in [-0.4, -0.2) is 23.7 Å². The van der Waals surface area contributed by atoms with Crippen LogP contribution in [0.1, 0.15) is 41.8 Å². The number of rotatable bonds is 2. The Morgan fingerprint density at radius 2 is 2.21 bits per heavy atom. The van der Waals surface area contributed by atoms with Crippen LogP contribution < -0.4 is 5.32 Å². The van der Waals surface area contributed by atoms with Gasteiger partial charge in [-0.15, -0.1) is 0 Å². The first-order valence-electron chi connectivity index (χ1n) is 6.45. The van der Waals surface area contributed by atoms with E-state index in [4.69, 9.17) is 5.11 Å². The van der Waals surface area contributed by atoms with Crippen LogP contribution in [0, 0.1) is 24.2 Å². The molecular formula is C16H19NO2. The minimum Gasteiger partial charge on any atom is -0.384 e. The van der Waals surface area contributed by atoms with Gasteiger partial charge in [-0.2, -0.15) is 0 Å². The van der Waals surface area contributed by atoms with Crippen molar-refractivity contribution in [1.82, 2.24) is 5.32 Å². The summed E-state index contributed by atoms with van der Waals surface area (Å²) in [5.41, 5.74) is 2.48. The maximum absolute atomic E-state index is 12.3. The van der Waals surface area contributed by atoms with Gasteiger partial charge in [0.15, 0.2) is 0 Å². The monoisotopic (exact) mass is 257 g/mol. The van der Waals surface area contributed by atoms with Crippen LogP contribution in [0.4, 0.5) is 0 Å². The van der Waals surface area contributed by atoms with Crippen LogP contribution in [0.5, 0.6) is 0 Å². The van der Waals surface area contributed by atoms with Crippen molar-refractivity contribution in [3.05, 3.63) is 34.9 Å². The van der Waals surface area contributed by atoms with Crippen molar-refractivity contribution in [2.24, 2.45) is 5.41 Å². The Balaban J connectivity index is 2.22. The van der Waals surface area contributed by atoms with Gasteiger partial charge in [0.2, 0.25) is 0 Å². The molecular weight excluding hydrogens is 238 g/mol. The second-order valence-electron chi connectivity index (χ2n) is 5.73. The second kappa shape index (κ2) is 5.07. The Morgan fingerprint density at radius 3 is 2.79 bits per heavy atom. The predicted molar refractivity (Wildman–Crippen MR) is 74.8 cm³/mol. The molecule has 2 rings (SSSR count). The molecule has 0 spiro atoms. The van der Waals surface area contributed by atoms with Gasteiger partial charge in [-0.3, -0.25) is 4.79 Å². The number of benzene rings is 1. The Kier molecular flexibility index (Phi) is 3.64. The first-order valence-corrected chi connectivity index (χ1v) is 6.45. The van der Waals surface area contributed by atoms with E-state index < -0.39 is 0 Å². The minimum absolute atomic E-state index is 0.0819. The Labute approximate surface area is 114 Å². The fourth-order valence-corrected chi connectivity index (χ4v) is 2.04. The van der Waals surface area contributed by atoms with Gasteiger partial charge in [-0.1, -0.05) is 37.3 Å². The zero-order valence-corrected chi connectivity index (χ0v) is 11.6. The van der Waals surface area contributed by atoms with Gasteiger partial charge in [-0.25, -0.2) is 0 Å². The van der Waals surface area contributed by atoms with Crippen LogP contribution in [0.3, 0.4) is 0 Å². The molecule has 1 aliphatic carbocycles. The third-order valence-corrected chi connectivity index (χ3v) is 3.54. The number of aliphatic hydroxyl groups is 1. The molecule has 3 heteroatoms. The molecule has 1 amide bonds. The molecule has 1 fully saturated rings. The molecule has 0 heterocycles. The molecule has 0 aliphatic heterocycles. The fraction of sp³-hybridized carbons (Fsp3) is 0.438. The number of amides is 1. The first kappa shape index (κ1) is 13.6. The molecule has 0 saturated heterocycles. The van der Waals surface area contributed by atoms with Gasteiger partial charge in [-0.05, 0) is 30.9 Å². The zero-order valence-electron chi connectivity index (χ0n) is 11.6. The average Bonchev–Trinajstić information content (AvgIpc) is 2.94. The summed E-state index contributed by atoms with van der Waals surface area (Å²) in [6, 6.07) is 5.83. The van der Waals surface area contributed by atoms with E-state index in [1.165, 1.54) is 0 Å². The number of aryl methyl sites for hydroxylation is 1. The summed E-state index contributed by atoms with van der Waals surface area (Å²) in [6.45, 7) is 6.02. The molecule has 1 aromatic rings. The number of aliphatic hydroxyl groups excluding tert-OH is 1. The standard InChI is InChI=1S/C16H19NO2/c1-11-6-7-12(5-4-8-18)13(9-11)15(19)17-14-10-16(14,2)3/h6-7,9,14,18H,8,10H2,1-3H3,(H,17,19). The van der Waals surface area contributed by atoms with Crippen LogP contribution in [-0.2, 0) is 0 Å². The highest BCUT2D eigenvalue weighted by molar-refractivity contribution is 5.97. The Morgan fingerprint density at radius 1 is 1.53 bits per heavy atom. The fourth-order valence-electron chi connectivity index (χ4n) is 2.04. The molecule has 19 heavy (non-hydrogen) atoms. The van der Waals surface area contributed by atoms with E-state index >= 15 is 0 Å². The number of carbonyl (C=O) groups is 1. The molecule has 2 N–H and O–H groups in total. The normalized spacial score (nSPS) is 19.3. The van der Waals surface area contributed by atoms with Crippen molar-refractivity contribution in [1.29, 1.82) is 0 Å². The summed E-state index contributed by atoms with van der Waals surface area (Å²) in [5, 5.41) is 11.8. The molecule has 1 saturated carbocycles. The van der Waals surface area contributed by atoms with Gasteiger partial charge in [0, 0.05) is 11.6 Å². The number of hydrogen-bond donors (Lipinski definition) is 2. The quantitative estimate of drug-likeness (QED) is 0.795. The minimum atomic E-state index is -0.204. The Bertz CT molecular complexity index is 564. The molecule has 0 aromatic heterocycles. The van der Waals surface area contributed by atoms with Gasteiger partial charge >= 0.3 is 0 Å². The molecule has 1 unspecified atom stereocenters. The van der Waals surface area contributed by atoms with Crippen molar-refractivity contribution in [3.63, 3.8) is 0 Å². The topological polar surface area (TPSA) is 49.3 Å². The third kappa shape index (κ3) is 3.15. The maximum Gasteiger partial charge on any atom is 0.252 e. The second-order valence-corrected chi connectivity index (χ2v) is 5.73. The smallest absolute Gasteiger partial charge is 0.252 e. The summed E-state index contributed by atoms with van der Waals surface area (Å²) in [5.74, 6) is 5.33. The molecule has 0 radical (unpaired) electrons. The highest BCUT2D eigenvalue weighted by atomic mass is 16.2. The number of nitrogens with one attached hydrogen (secondary N) is 1. The van der Waals surface area contributed by atoms with Crippen molar-refractivity contribution in [2.75, 3.05) is 6.61 Å². The molecule has 0 bridgehead atoms. The lowest BCUT2D eigenvalue weighted by atomic mass is 10.0. The highest BCUT2D eigenvalue weighted by Crippen LogP contribution is 2.44. The number of carbonyl (C=O) groups excluding carboxylic acids is 1.